The highest BCUT2D eigenvalue weighted by molar-refractivity contribution is 7.92. The lowest BCUT2D eigenvalue weighted by Gasteiger charge is -2.25. The first-order chi connectivity index (χ1) is 17.7. The number of carbonyl (C=O) groups is 2. The van der Waals surface area contributed by atoms with Crippen molar-refractivity contribution >= 4 is 39.0 Å². The van der Waals surface area contributed by atoms with Gasteiger partial charge in [0.2, 0.25) is 10.0 Å². The number of likely N-dealkylation sites (N-methyl/N-ethyl adjacent to an activating group) is 1. The normalized spacial score (nSPS) is 15.7. The molecule has 3 aromatic rings. The van der Waals surface area contributed by atoms with Crippen molar-refractivity contribution in [2.24, 2.45) is 0 Å². The summed E-state index contributed by atoms with van der Waals surface area (Å²) in [6.45, 7) is 2.49. The second kappa shape index (κ2) is 12.2. The largest absolute Gasteiger partial charge is 0.483 e. The Morgan fingerprint density at radius 3 is 2.51 bits per heavy atom. The van der Waals surface area contributed by atoms with E-state index in [-0.39, 0.29) is 18.1 Å². The predicted octanol–water partition coefficient (Wildman–Crippen LogP) is 1.61. The van der Waals surface area contributed by atoms with Crippen LogP contribution in [-0.4, -0.2) is 74.1 Å². The molecule has 0 radical (unpaired) electrons. The van der Waals surface area contributed by atoms with Gasteiger partial charge in [0.15, 0.2) is 0 Å². The summed E-state index contributed by atoms with van der Waals surface area (Å²) in [5, 5.41) is 24.4. The highest BCUT2D eigenvalue weighted by Crippen LogP contribution is 2.35. The lowest BCUT2D eigenvalue weighted by atomic mass is 10.00. The molecule has 0 fully saturated rings. The third-order valence-electron chi connectivity index (χ3n) is 6.52. The summed E-state index contributed by atoms with van der Waals surface area (Å²) >= 11 is 0. The molecule has 1 amide bonds. The van der Waals surface area contributed by atoms with Crippen LogP contribution >= 0.6 is 0 Å². The maximum Gasteiger partial charge on any atom is 0.290 e. The van der Waals surface area contributed by atoms with E-state index < -0.39 is 22.2 Å². The molecular weight excluding hydrogens is 496 g/mol. The monoisotopic (exact) mass is 530 g/mol. The van der Waals surface area contributed by atoms with Crippen LogP contribution in [-0.2, 0) is 34.2 Å². The summed E-state index contributed by atoms with van der Waals surface area (Å²) in [6.07, 6.45) is 2.42. The first kappa shape index (κ1) is 28.2. The van der Waals surface area contributed by atoms with E-state index in [2.05, 4.69) is 10.6 Å². The van der Waals surface area contributed by atoms with Crippen LogP contribution in [0.2, 0.25) is 0 Å². The molecule has 2 heterocycles. The number of anilines is 1. The molecule has 11 heteroatoms. The van der Waals surface area contributed by atoms with Crippen molar-refractivity contribution in [2.45, 2.75) is 38.5 Å². The Labute approximate surface area is 217 Å². The number of aliphatic hydroxyl groups excluding tert-OH is 1. The van der Waals surface area contributed by atoms with Crippen LogP contribution in [0.1, 0.15) is 28.4 Å². The number of nitrogens with one attached hydrogen (secondary N) is 2. The zero-order valence-corrected chi connectivity index (χ0v) is 22.0. The minimum absolute atomic E-state index is 0.00199. The van der Waals surface area contributed by atoms with Crippen LogP contribution < -0.4 is 14.9 Å². The van der Waals surface area contributed by atoms with Crippen molar-refractivity contribution in [3.05, 3.63) is 65.4 Å². The summed E-state index contributed by atoms with van der Waals surface area (Å²) in [6, 6.07) is 12.6. The number of sulfonamides is 1. The molecule has 4 N–H and O–H groups in total. The maximum absolute atomic E-state index is 13.4. The van der Waals surface area contributed by atoms with E-state index >= 15 is 0 Å². The molecule has 1 aliphatic heterocycles. The molecule has 2 atom stereocenters. The highest BCUT2D eigenvalue weighted by Gasteiger charge is 2.29. The van der Waals surface area contributed by atoms with Crippen LogP contribution in [0, 0.1) is 0 Å². The lowest BCUT2D eigenvalue weighted by molar-refractivity contribution is -0.122. The van der Waals surface area contributed by atoms with Gasteiger partial charge in [-0.1, -0.05) is 37.3 Å². The number of hydrogen-bond donors (Lipinski definition) is 4. The van der Waals surface area contributed by atoms with E-state index in [1.54, 1.807) is 13.1 Å². The molecule has 0 spiro atoms. The Morgan fingerprint density at radius 1 is 1.22 bits per heavy atom. The van der Waals surface area contributed by atoms with E-state index in [0.717, 1.165) is 28.5 Å². The van der Waals surface area contributed by atoms with Crippen molar-refractivity contribution < 1.29 is 28.2 Å². The number of carboxylic acid groups (broad SMARTS) is 1. The van der Waals surface area contributed by atoms with Crippen LogP contribution in [0.3, 0.4) is 0 Å². The fourth-order valence-electron chi connectivity index (χ4n) is 4.57. The molecule has 0 saturated heterocycles. The van der Waals surface area contributed by atoms with E-state index in [1.165, 1.54) is 11.4 Å². The van der Waals surface area contributed by atoms with Crippen molar-refractivity contribution in [1.82, 2.24) is 15.2 Å². The fourth-order valence-corrected chi connectivity index (χ4v) is 5.71. The van der Waals surface area contributed by atoms with E-state index in [4.69, 9.17) is 9.90 Å². The van der Waals surface area contributed by atoms with Gasteiger partial charge in [-0.2, -0.15) is 0 Å². The minimum Gasteiger partial charge on any atom is -0.483 e. The molecule has 2 aromatic carbocycles. The zero-order chi connectivity index (χ0) is 27.2. The van der Waals surface area contributed by atoms with Gasteiger partial charge in [-0.15, -0.1) is 0 Å². The molecule has 0 aliphatic carbocycles. The molecule has 10 nitrogen and oxygen atoms in total. The van der Waals surface area contributed by atoms with E-state index in [0.29, 0.717) is 30.8 Å². The first-order valence-corrected chi connectivity index (χ1v) is 13.6. The smallest absolute Gasteiger partial charge is 0.290 e. The summed E-state index contributed by atoms with van der Waals surface area (Å²) in [7, 11) is -0.210. The lowest BCUT2D eigenvalue weighted by Crippen LogP contribution is -2.48. The minimum atomic E-state index is -3.50. The van der Waals surface area contributed by atoms with Crippen molar-refractivity contribution in [3.8, 4) is 0 Å². The Balaban J connectivity index is 0.00000121. The molecule has 0 unspecified atom stereocenters. The molecule has 0 bridgehead atoms. The number of nitrogens with zero attached hydrogens (tertiary/aromatic N) is 2. The molecule has 37 heavy (non-hydrogen) atoms. The number of aliphatic hydroxyl groups is 1. The van der Waals surface area contributed by atoms with E-state index in [9.17, 15) is 18.3 Å². The molecular formula is C26H34N4O6S. The van der Waals surface area contributed by atoms with Crippen LogP contribution in [0.5, 0.6) is 0 Å². The van der Waals surface area contributed by atoms with Gasteiger partial charge in [-0.25, -0.2) is 8.42 Å². The Morgan fingerprint density at radius 2 is 1.89 bits per heavy atom. The number of aromatic nitrogens is 1. The number of amides is 1. The van der Waals surface area contributed by atoms with Crippen LogP contribution in [0.4, 0.5) is 5.69 Å². The van der Waals surface area contributed by atoms with Gasteiger partial charge in [0, 0.05) is 37.3 Å². The average molecular weight is 531 g/mol. The maximum atomic E-state index is 13.4. The first-order valence-electron chi connectivity index (χ1n) is 12.0. The zero-order valence-electron chi connectivity index (χ0n) is 21.2. The molecule has 200 valence electrons. The van der Waals surface area contributed by atoms with Crippen LogP contribution in [0.15, 0.2) is 48.7 Å². The molecule has 1 aliphatic rings. The van der Waals surface area contributed by atoms with Crippen molar-refractivity contribution in [2.75, 3.05) is 30.7 Å². The van der Waals surface area contributed by atoms with Crippen molar-refractivity contribution in [3.63, 3.8) is 0 Å². The number of rotatable bonds is 8. The predicted molar refractivity (Wildman–Crippen MR) is 144 cm³/mol. The summed E-state index contributed by atoms with van der Waals surface area (Å²) in [5.74, 6) is -0.346. The average Bonchev–Trinajstić information content (AvgIpc) is 3.21. The Hall–Kier alpha value is -3.41. The molecule has 4 rings (SSSR count). The van der Waals surface area contributed by atoms with E-state index in [1.807, 2.05) is 54.1 Å². The summed E-state index contributed by atoms with van der Waals surface area (Å²) in [5.41, 5.74) is 3.76. The second-order valence-electron chi connectivity index (χ2n) is 8.88. The SMILES string of the molecule is CCc1cn2c3c(cc(C(=O)N[C@@H](Cc4ccccc4)[C@H](O)CNC)cc13)N(C)S(=O)(=O)CC2.O=CO. The van der Waals surface area contributed by atoms with Crippen LogP contribution in [0.25, 0.3) is 10.9 Å². The van der Waals surface area contributed by atoms with Gasteiger partial charge in [0.05, 0.1) is 29.1 Å². The van der Waals surface area contributed by atoms with Gasteiger partial charge in [-0.3, -0.25) is 13.9 Å². The van der Waals surface area contributed by atoms with Crippen molar-refractivity contribution in [1.29, 1.82) is 0 Å². The van der Waals surface area contributed by atoms with Gasteiger partial charge in [0.1, 0.15) is 0 Å². The van der Waals surface area contributed by atoms with Gasteiger partial charge >= 0.3 is 0 Å². The molecule has 1 aromatic heterocycles. The highest BCUT2D eigenvalue weighted by atomic mass is 32.2. The third-order valence-corrected chi connectivity index (χ3v) is 8.25. The number of carbonyl (C=O) groups excluding carboxylic acids is 1. The topological polar surface area (TPSA) is 141 Å². The number of benzene rings is 2. The Kier molecular flexibility index (Phi) is 9.30. The fraction of sp³-hybridized carbons (Fsp3) is 0.385. The van der Waals surface area contributed by atoms with Gasteiger partial charge < -0.3 is 25.4 Å². The summed E-state index contributed by atoms with van der Waals surface area (Å²) < 4.78 is 28.8. The third kappa shape index (κ3) is 6.30. The second-order valence-corrected chi connectivity index (χ2v) is 11.0. The quantitative estimate of drug-likeness (QED) is 0.324. The standard InChI is InChI=1S/C25H32N4O4S.CH2O2/c1-4-18-16-29-10-11-34(32,33)28(3)22-14-19(13-20(18)24(22)29)25(31)27-21(23(30)15-26-2)12-17-8-6-5-7-9-17;2-1-3/h5-9,13-14,16,21,23,26,30H,4,10-12,15H2,1-3H3,(H,27,31);1H,(H,2,3)/t21-,23+;/m0./s1. The number of aryl methyl sites for hydroxylation is 2. The number of hydrogen-bond acceptors (Lipinski definition) is 6. The molecule has 0 saturated carbocycles. The summed E-state index contributed by atoms with van der Waals surface area (Å²) in [4.78, 5) is 21.8. The van der Waals surface area contributed by atoms with Gasteiger partial charge in [-0.05, 0) is 43.1 Å². The van der Waals surface area contributed by atoms with Gasteiger partial charge in [0.25, 0.3) is 12.4 Å². The Bertz CT molecular complexity index is 1340.